The van der Waals surface area contributed by atoms with E-state index in [-0.39, 0.29) is 125 Å². The van der Waals surface area contributed by atoms with Gasteiger partial charge in [0.2, 0.25) is 23.6 Å². The van der Waals surface area contributed by atoms with Crippen molar-refractivity contribution in [2.75, 3.05) is 80.8 Å². The SMILES string of the molecule is COC(=O)[C@@H]1CN(C(=O)OCc2ccccc2)C[C@@H]2C/C=C\C[C@H](N)C(=O)N21.COC(=O)[C@@H]1CN(C(=O)OCc2ccccc2)C[C@@H]2C/C=C\C[C@H](NC(=O)c3ccccc3)C(=O)N21.COC(=O)[C@@H]1CN(C(=O)OCc2ccccc2)C[C@@H]2C/C=C\C[C@H](NC(=O)c3ccccc3)C(=O)N21.COC(=O)[C@@H]1CNC[C@@H]2CCCC[C@H](NC(=O)c3ccccc3)C(=O)N21. The Labute approximate surface area is 730 Å². The number of benzene rings is 6. The lowest BCUT2D eigenvalue weighted by molar-refractivity contribution is -0.160. The fourth-order valence-corrected chi connectivity index (χ4v) is 16.3. The molecular formula is C93H108N12O21. The topological polar surface area (TPSA) is 400 Å². The Morgan fingerprint density at radius 2 is 0.619 bits per heavy atom. The lowest BCUT2D eigenvalue weighted by Crippen LogP contribution is -2.67. The summed E-state index contributed by atoms with van der Waals surface area (Å²) >= 11 is 0. The summed E-state index contributed by atoms with van der Waals surface area (Å²) in [5.41, 5.74) is 9.90. The predicted molar refractivity (Wildman–Crippen MR) is 458 cm³/mol. The number of piperazine rings is 4. The lowest BCUT2D eigenvalue weighted by Gasteiger charge is -2.46. The first-order valence-corrected chi connectivity index (χ1v) is 42.0. The molecule has 6 N–H and O–H groups in total. The summed E-state index contributed by atoms with van der Waals surface area (Å²) in [6.07, 6.45) is 15.2. The maximum Gasteiger partial charge on any atom is 0.410 e. The maximum atomic E-state index is 13.7. The van der Waals surface area contributed by atoms with Gasteiger partial charge in [0, 0.05) is 55.5 Å². The normalized spacial score (nSPS) is 24.0. The molecular weight excluding hydrogens is 1620 g/mol. The van der Waals surface area contributed by atoms with E-state index >= 15 is 0 Å². The van der Waals surface area contributed by atoms with Gasteiger partial charge in [-0.05, 0) is 104 Å². The molecule has 14 rings (SSSR count). The van der Waals surface area contributed by atoms with Crippen molar-refractivity contribution in [1.29, 1.82) is 0 Å². The number of nitrogens with zero attached hydrogens (tertiary/aromatic N) is 7. The molecule has 5 saturated heterocycles. The zero-order valence-electron chi connectivity index (χ0n) is 70.8. The van der Waals surface area contributed by atoms with Crippen molar-refractivity contribution < 1.29 is 100 Å². The number of fused-ring (bicyclic) bond motifs is 4. The average molecular weight is 1730 g/mol. The van der Waals surface area contributed by atoms with Gasteiger partial charge in [-0.15, -0.1) is 0 Å². The van der Waals surface area contributed by atoms with Gasteiger partial charge in [0.05, 0.1) is 72.2 Å². The number of ether oxygens (including phenoxy) is 7. The van der Waals surface area contributed by atoms with Crippen molar-refractivity contribution in [3.63, 3.8) is 0 Å². The monoisotopic (exact) mass is 1730 g/mol. The van der Waals surface area contributed by atoms with Crippen LogP contribution in [-0.2, 0) is 91.3 Å². The summed E-state index contributed by atoms with van der Waals surface area (Å²) in [5, 5.41) is 11.7. The van der Waals surface area contributed by atoms with Gasteiger partial charge in [0.15, 0.2) is 0 Å². The molecule has 8 heterocycles. The highest BCUT2D eigenvalue weighted by atomic mass is 16.6. The van der Waals surface area contributed by atoms with Gasteiger partial charge in [-0.2, -0.15) is 0 Å². The van der Waals surface area contributed by atoms with Crippen LogP contribution in [0.1, 0.15) is 112 Å². The Kier molecular flexibility index (Phi) is 34.2. The van der Waals surface area contributed by atoms with Crippen molar-refractivity contribution >= 4 is 83.5 Å². The number of carbonyl (C=O) groups excluding carboxylic acids is 14. The number of nitrogens with two attached hydrogens (primary N) is 1. The fourth-order valence-electron chi connectivity index (χ4n) is 16.3. The van der Waals surface area contributed by atoms with Crippen molar-refractivity contribution in [2.45, 2.75) is 157 Å². The number of rotatable bonds is 16. The minimum Gasteiger partial charge on any atom is -0.467 e. The molecule has 10 amide bonds. The third kappa shape index (κ3) is 24.7. The lowest BCUT2D eigenvalue weighted by atomic mass is 9.94. The summed E-state index contributed by atoms with van der Waals surface area (Å²) in [6, 6.07) is 46.0. The first-order chi connectivity index (χ1) is 61.1. The van der Waals surface area contributed by atoms with Crippen molar-refractivity contribution in [3.8, 4) is 0 Å². The zero-order valence-corrected chi connectivity index (χ0v) is 70.8. The zero-order chi connectivity index (χ0) is 89.6. The molecule has 0 saturated carbocycles. The number of methoxy groups -OCH3 is 4. The van der Waals surface area contributed by atoms with E-state index in [1.165, 1.54) is 57.8 Å². The van der Waals surface area contributed by atoms with Crippen LogP contribution in [0.5, 0.6) is 0 Å². The van der Waals surface area contributed by atoms with Crippen LogP contribution in [-0.4, -0.2) is 271 Å². The largest absolute Gasteiger partial charge is 0.467 e. The van der Waals surface area contributed by atoms with Crippen LogP contribution in [0.15, 0.2) is 218 Å². The summed E-state index contributed by atoms with van der Waals surface area (Å²) in [6.45, 7) is 1.89. The van der Waals surface area contributed by atoms with Crippen molar-refractivity contribution in [2.24, 2.45) is 5.73 Å². The fraction of sp³-hybridized carbons (Fsp3) is 0.398. The van der Waals surface area contributed by atoms with Gasteiger partial charge in [-0.25, -0.2) is 33.6 Å². The highest BCUT2D eigenvalue weighted by Crippen LogP contribution is 2.30. The van der Waals surface area contributed by atoms with Crippen LogP contribution < -0.4 is 27.0 Å². The molecule has 12 atom stereocenters. The van der Waals surface area contributed by atoms with E-state index in [9.17, 15) is 67.1 Å². The van der Waals surface area contributed by atoms with Crippen LogP contribution in [0.25, 0.3) is 0 Å². The maximum absolute atomic E-state index is 13.7. The summed E-state index contributed by atoms with van der Waals surface area (Å²) in [5.74, 6) is -4.57. The van der Waals surface area contributed by atoms with E-state index in [1.54, 1.807) is 89.8 Å². The van der Waals surface area contributed by atoms with Crippen LogP contribution in [0.4, 0.5) is 14.4 Å². The summed E-state index contributed by atoms with van der Waals surface area (Å²) in [7, 11) is 5.08. The third-order valence-corrected chi connectivity index (χ3v) is 22.8. The van der Waals surface area contributed by atoms with Crippen LogP contribution >= 0.6 is 0 Å². The number of amides is 10. The Hall–Kier alpha value is -13.6. The molecule has 0 unspecified atom stereocenters. The average Bonchev–Trinajstić information content (AvgIpc) is 0.788. The first kappa shape index (κ1) is 93.1. The summed E-state index contributed by atoms with van der Waals surface area (Å²) in [4.78, 5) is 190. The number of carbonyl (C=O) groups is 14. The molecule has 33 heteroatoms. The van der Waals surface area contributed by atoms with Crippen LogP contribution in [0, 0.1) is 0 Å². The molecule has 33 nitrogen and oxygen atoms in total. The number of hydrogen-bond acceptors (Lipinski definition) is 23. The van der Waals surface area contributed by atoms with Gasteiger partial charge < -0.3 is 94.5 Å². The highest BCUT2D eigenvalue weighted by Gasteiger charge is 2.50. The van der Waals surface area contributed by atoms with Gasteiger partial charge in [0.25, 0.3) is 17.7 Å². The molecule has 8 aliphatic rings. The Bertz CT molecular complexity index is 4660. The van der Waals surface area contributed by atoms with E-state index in [0.717, 1.165) is 36.0 Å². The molecule has 0 spiro atoms. The number of esters is 4. The second kappa shape index (κ2) is 46.2. The second-order valence-electron chi connectivity index (χ2n) is 31.1. The Balaban J connectivity index is 0.000000165. The van der Waals surface area contributed by atoms with Crippen LogP contribution in [0.3, 0.4) is 0 Å². The van der Waals surface area contributed by atoms with Gasteiger partial charge in [-0.1, -0.05) is 195 Å². The molecule has 8 aliphatic heterocycles. The van der Waals surface area contributed by atoms with E-state index in [2.05, 4.69) is 21.3 Å². The molecule has 6 aromatic rings. The van der Waals surface area contributed by atoms with Crippen LogP contribution in [0.2, 0.25) is 0 Å². The van der Waals surface area contributed by atoms with E-state index in [4.69, 9.17) is 38.9 Å². The minimum absolute atomic E-state index is 0.0129. The quantitative estimate of drug-likeness (QED) is 0.0377. The molecule has 6 aromatic carbocycles. The van der Waals surface area contributed by atoms with E-state index in [1.807, 2.05) is 134 Å². The van der Waals surface area contributed by atoms with Gasteiger partial charge >= 0.3 is 42.2 Å². The molecule has 0 bridgehead atoms. The van der Waals surface area contributed by atoms with E-state index in [0.29, 0.717) is 61.9 Å². The molecule has 0 aromatic heterocycles. The smallest absolute Gasteiger partial charge is 0.410 e. The highest BCUT2D eigenvalue weighted by molar-refractivity contribution is 6.01. The molecule has 0 aliphatic carbocycles. The van der Waals surface area contributed by atoms with Gasteiger partial charge in [-0.3, -0.25) is 33.6 Å². The van der Waals surface area contributed by atoms with E-state index < -0.39 is 103 Å². The molecule has 126 heavy (non-hydrogen) atoms. The molecule has 5 fully saturated rings. The van der Waals surface area contributed by atoms with Gasteiger partial charge in [0.1, 0.15) is 62.1 Å². The Morgan fingerprint density at radius 3 is 0.968 bits per heavy atom. The standard InChI is InChI=1S/2C27H29N3O6.C20H25N3O5.C19H25N3O4/c2*1-35-26(33)23-17-29(27(34)36-18-19-10-4-2-5-11-19)16-21-14-8-9-15-22(25(32)30(21)23)28-24(31)20-12-6-3-7-13-20;1-27-19(25)17-12-22(20(26)28-13-14-7-3-2-4-8-14)11-15-9-5-6-10-16(21)18(24)23(15)17;1-26-19(25)16-12-20-11-14-9-5-6-10-15(18(24)22(14)16)21-17(23)13-7-3-2-4-8-13/h2*2-13,21-23H,14-18H2,1H3,(H,28,31);2-8,15-17H,9-13,21H2,1H3;2-4,7-8,14-16,20H,5-6,9-12H2,1H3,(H,21,23)/b2*9-8-;6-5-;/t2*21-,22-,23-;15-,16-,17-;14-,15-,16-/m0000/s1. The Morgan fingerprint density at radius 1 is 0.333 bits per heavy atom. The number of nitrogens with one attached hydrogen (secondary N) is 4. The minimum atomic E-state index is -1.02. The van der Waals surface area contributed by atoms with Crippen molar-refractivity contribution in [3.05, 3.63) is 252 Å². The predicted octanol–water partition coefficient (Wildman–Crippen LogP) is 6.81. The second-order valence-corrected chi connectivity index (χ2v) is 31.1. The van der Waals surface area contributed by atoms with Crippen molar-refractivity contribution in [1.82, 2.24) is 55.6 Å². The summed E-state index contributed by atoms with van der Waals surface area (Å²) < 4.78 is 36.1. The number of hydrogen-bond donors (Lipinski definition) is 5. The first-order valence-electron chi connectivity index (χ1n) is 42.0. The third-order valence-electron chi connectivity index (χ3n) is 22.8. The molecule has 0 radical (unpaired) electrons. The molecule has 666 valence electrons.